The number of carbonyl (C=O) groups excluding carboxylic acids is 1. The van der Waals surface area contributed by atoms with E-state index in [2.05, 4.69) is 11.8 Å². The molecule has 1 aromatic heterocycles. The van der Waals surface area contributed by atoms with Crippen molar-refractivity contribution in [3.63, 3.8) is 0 Å². The highest BCUT2D eigenvalue weighted by atomic mass is 32.1. The summed E-state index contributed by atoms with van der Waals surface area (Å²) in [7, 11) is 0. The summed E-state index contributed by atoms with van der Waals surface area (Å²) in [5.41, 5.74) is 0. The van der Waals surface area contributed by atoms with Crippen LogP contribution in [-0.2, 0) is 4.79 Å². The van der Waals surface area contributed by atoms with Crippen LogP contribution in [0.1, 0.15) is 35.9 Å². The van der Waals surface area contributed by atoms with Gasteiger partial charge in [-0.25, -0.2) is 0 Å². The van der Waals surface area contributed by atoms with Crippen molar-refractivity contribution in [1.82, 2.24) is 4.90 Å². The minimum absolute atomic E-state index is 0.0272. The molecule has 1 aliphatic heterocycles. The van der Waals surface area contributed by atoms with E-state index < -0.39 is 11.9 Å². The molecule has 2 rings (SSSR count). The molecule has 2 unspecified atom stereocenters. The molecular formula is C15H21NO3S. The van der Waals surface area contributed by atoms with Crippen molar-refractivity contribution < 1.29 is 14.7 Å². The number of carboxylic acids is 1. The molecule has 0 spiro atoms. The first-order chi connectivity index (χ1) is 9.56. The van der Waals surface area contributed by atoms with E-state index in [-0.39, 0.29) is 12.2 Å². The Labute approximate surface area is 123 Å². The van der Waals surface area contributed by atoms with Crippen molar-refractivity contribution in [2.45, 2.75) is 26.2 Å². The number of nitrogens with zero attached hydrogens (tertiary/aromatic N) is 1. The summed E-state index contributed by atoms with van der Waals surface area (Å²) < 4.78 is 0. The van der Waals surface area contributed by atoms with Gasteiger partial charge in [0, 0.05) is 19.0 Å². The molecule has 0 saturated carbocycles. The minimum Gasteiger partial charge on any atom is -0.481 e. The Balaban J connectivity index is 2.03. The van der Waals surface area contributed by atoms with Gasteiger partial charge in [0.1, 0.15) is 0 Å². The van der Waals surface area contributed by atoms with E-state index in [1.54, 1.807) is 6.07 Å². The summed E-state index contributed by atoms with van der Waals surface area (Å²) in [6, 6.07) is 3.61. The van der Waals surface area contributed by atoms with E-state index >= 15 is 0 Å². The number of hydrogen-bond donors (Lipinski definition) is 1. The van der Waals surface area contributed by atoms with Crippen LogP contribution in [0.5, 0.6) is 0 Å². The van der Waals surface area contributed by atoms with Gasteiger partial charge < -0.3 is 10.0 Å². The number of rotatable bonds is 6. The Morgan fingerprint density at radius 3 is 2.95 bits per heavy atom. The molecule has 20 heavy (non-hydrogen) atoms. The Morgan fingerprint density at radius 2 is 2.35 bits per heavy atom. The van der Waals surface area contributed by atoms with Crippen molar-refractivity contribution in [2.75, 3.05) is 19.6 Å². The highest BCUT2D eigenvalue weighted by Crippen LogP contribution is 2.22. The third-order valence-electron chi connectivity index (χ3n) is 3.78. The lowest BCUT2D eigenvalue weighted by Gasteiger charge is -2.32. The Hall–Kier alpha value is -1.20. The molecule has 110 valence electrons. The van der Waals surface area contributed by atoms with Gasteiger partial charge in [0.2, 0.25) is 0 Å². The predicted molar refractivity (Wildman–Crippen MR) is 79.2 cm³/mol. The molecule has 1 N–H and O–H groups in total. The molecule has 4 nitrogen and oxygen atoms in total. The van der Waals surface area contributed by atoms with Crippen molar-refractivity contribution >= 4 is 23.1 Å². The maximum absolute atomic E-state index is 12.4. The van der Waals surface area contributed by atoms with Crippen LogP contribution >= 0.6 is 11.3 Å². The second kappa shape index (κ2) is 6.99. The molecule has 0 radical (unpaired) electrons. The molecule has 5 heteroatoms. The fourth-order valence-corrected chi connectivity index (χ4v) is 3.58. The van der Waals surface area contributed by atoms with Crippen molar-refractivity contribution in [1.29, 1.82) is 0 Å². The van der Waals surface area contributed by atoms with Crippen molar-refractivity contribution in [2.24, 2.45) is 11.8 Å². The van der Waals surface area contributed by atoms with Gasteiger partial charge in [0.15, 0.2) is 5.78 Å². The van der Waals surface area contributed by atoms with Gasteiger partial charge in [0.25, 0.3) is 0 Å². The second-order valence-electron chi connectivity index (χ2n) is 5.64. The van der Waals surface area contributed by atoms with Gasteiger partial charge in [-0.05, 0) is 36.8 Å². The van der Waals surface area contributed by atoms with Gasteiger partial charge in [0.05, 0.1) is 11.3 Å². The first kappa shape index (κ1) is 15.2. The molecule has 1 aromatic rings. The van der Waals surface area contributed by atoms with Crippen LogP contribution in [0.15, 0.2) is 17.5 Å². The molecular weight excluding hydrogens is 274 g/mol. The van der Waals surface area contributed by atoms with Crippen LogP contribution in [-0.4, -0.2) is 41.4 Å². The molecule has 0 aliphatic carbocycles. The summed E-state index contributed by atoms with van der Waals surface area (Å²) in [5, 5.41) is 10.9. The van der Waals surface area contributed by atoms with Gasteiger partial charge in [-0.2, -0.15) is 0 Å². The number of carbonyl (C=O) groups is 2. The highest BCUT2D eigenvalue weighted by molar-refractivity contribution is 7.12. The Morgan fingerprint density at radius 1 is 1.55 bits per heavy atom. The van der Waals surface area contributed by atoms with Crippen LogP contribution in [0.2, 0.25) is 0 Å². The number of hydrogen-bond acceptors (Lipinski definition) is 4. The summed E-state index contributed by atoms with van der Waals surface area (Å²) in [4.78, 5) is 26.4. The normalized spacial score (nSPS) is 21.6. The fraction of sp³-hybridized carbons (Fsp3) is 0.600. The number of piperidine rings is 1. The fourth-order valence-electron chi connectivity index (χ4n) is 2.84. The molecule has 1 fully saturated rings. The van der Waals surface area contributed by atoms with Gasteiger partial charge in [-0.1, -0.05) is 13.0 Å². The zero-order chi connectivity index (χ0) is 14.5. The summed E-state index contributed by atoms with van der Waals surface area (Å²) >= 11 is 1.39. The van der Waals surface area contributed by atoms with Crippen LogP contribution in [0.25, 0.3) is 0 Å². The Kier molecular flexibility index (Phi) is 5.31. The van der Waals surface area contributed by atoms with Crippen molar-refractivity contribution in [3.8, 4) is 0 Å². The van der Waals surface area contributed by atoms with Crippen LogP contribution in [0.3, 0.4) is 0 Å². The third kappa shape index (κ3) is 4.15. The molecule has 2 heterocycles. The highest BCUT2D eigenvalue weighted by Gasteiger charge is 2.27. The number of aliphatic carboxylic acids is 1. The summed E-state index contributed by atoms with van der Waals surface area (Å²) in [6.45, 7) is 4.71. The number of thiophene rings is 1. The van der Waals surface area contributed by atoms with E-state index in [0.717, 1.165) is 19.5 Å². The van der Waals surface area contributed by atoms with Crippen molar-refractivity contribution in [3.05, 3.63) is 22.4 Å². The minimum atomic E-state index is -0.898. The lowest BCUT2D eigenvalue weighted by molar-refractivity contribution is -0.137. The zero-order valence-corrected chi connectivity index (χ0v) is 12.6. The molecule has 2 atom stereocenters. The number of Topliss-reactive ketones (excluding diaryl/α,β-unsaturated/α-hetero) is 1. The predicted octanol–water partition coefficient (Wildman–Crippen LogP) is 2.75. The monoisotopic (exact) mass is 295 g/mol. The van der Waals surface area contributed by atoms with E-state index in [1.807, 2.05) is 11.4 Å². The Bertz CT molecular complexity index is 458. The van der Waals surface area contributed by atoms with Crippen LogP contribution in [0.4, 0.5) is 0 Å². The topological polar surface area (TPSA) is 57.6 Å². The van der Waals surface area contributed by atoms with Crippen LogP contribution in [0, 0.1) is 11.8 Å². The average Bonchev–Trinajstić information content (AvgIpc) is 2.90. The van der Waals surface area contributed by atoms with Crippen LogP contribution < -0.4 is 0 Å². The zero-order valence-electron chi connectivity index (χ0n) is 11.7. The summed E-state index contributed by atoms with van der Waals surface area (Å²) in [5.74, 6) is -0.729. The maximum atomic E-state index is 12.4. The first-order valence-corrected chi connectivity index (χ1v) is 7.96. The second-order valence-corrected chi connectivity index (χ2v) is 6.59. The molecule has 0 bridgehead atoms. The van der Waals surface area contributed by atoms with E-state index in [0.29, 0.717) is 17.3 Å². The SMILES string of the molecule is CC1CCCN(CC(CC(=O)O)C(=O)c2cccs2)C1. The standard InChI is InChI=1S/C15H21NO3S/c1-11-4-2-6-16(9-11)10-12(8-14(17)18)15(19)13-5-3-7-20-13/h3,5,7,11-12H,2,4,6,8-10H2,1H3,(H,17,18). The molecule has 1 saturated heterocycles. The molecule has 0 aromatic carbocycles. The summed E-state index contributed by atoms with van der Waals surface area (Å²) in [6.07, 6.45) is 2.27. The number of ketones is 1. The largest absolute Gasteiger partial charge is 0.481 e. The first-order valence-electron chi connectivity index (χ1n) is 7.08. The quantitative estimate of drug-likeness (QED) is 0.820. The van der Waals surface area contributed by atoms with Gasteiger partial charge in [-0.3, -0.25) is 9.59 Å². The van der Waals surface area contributed by atoms with Gasteiger partial charge in [-0.15, -0.1) is 11.3 Å². The molecule has 0 amide bonds. The number of likely N-dealkylation sites (tertiary alicyclic amines) is 1. The lowest BCUT2D eigenvalue weighted by Crippen LogP contribution is -2.40. The van der Waals surface area contributed by atoms with E-state index in [9.17, 15) is 9.59 Å². The maximum Gasteiger partial charge on any atom is 0.304 e. The lowest BCUT2D eigenvalue weighted by atomic mass is 9.95. The average molecular weight is 295 g/mol. The van der Waals surface area contributed by atoms with E-state index in [1.165, 1.54) is 17.8 Å². The smallest absolute Gasteiger partial charge is 0.304 e. The van der Waals surface area contributed by atoms with Gasteiger partial charge >= 0.3 is 5.97 Å². The van der Waals surface area contributed by atoms with E-state index in [4.69, 9.17) is 5.11 Å². The third-order valence-corrected chi connectivity index (χ3v) is 4.66. The number of carboxylic acid groups (broad SMARTS) is 1. The molecule has 1 aliphatic rings.